The Kier molecular flexibility index (Phi) is 6.63. The van der Waals surface area contributed by atoms with Crippen molar-refractivity contribution in [3.8, 4) is 0 Å². The first-order chi connectivity index (χ1) is 10.7. The van der Waals surface area contributed by atoms with Crippen LogP contribution in [0, 0.1) is 0 Å². The maximum absolute atomic E-state index is 10.8. The molecule has 0 atom stereocenters. The second kappa shape index (κ2) is 8.72. The average molecular weight is 340 g/mol. The molecule has 0 aromatic carbocycles. The fourth-order valence-electron chi connectivity index (χ4n) is 1.88. The second-order valence-electron chi connectivity index (χ2n) is 4.57. The summed E-state index contributed by atoms with van der Waals surface area (Å²) in [5.74, 6) is 4.94. The van der Waals surface area contributed by atoms with E-state index in [-0.39, 0.29) is 0 Å². The van der Waals surface area contributed by atoms with Crippen LogP contribution in [0.5, 0.6) is 0 Å². The molecule has 0 spiro atoms. The quantitative estimate of drug-likeness (QED) is 0.390. The number of anilines is 1. The number of nitrogens with two attached hydrogens (primary N) is 1. The van der Waals surface area contributed by atoms with Crippen LogP contribution in [-0.2, 0) is 24.0 Å². The van der Waals surface area contributed by atoms with Crippen molar-refractivity contribution in [3.05, 3.63) is 33.0 Å². The molecule has 0 aliphatic rings. The first-order valence-corrected chi connectivity index (χ1v) is 8.80. The molecule has 2 heterocycles. The van der Waals surface area contributed by atoms with E-state index < -0.39 is 6.09 Å². The average Bonchev–Trinajstić information content (AvgIpc) is 3.15. The molecule has 0 bridgehead atoms. The van der Waals surface area contributed by atoms with Crippen molar-refractivity contribution in [2.45, 2.75) is 26.2 Å². The zero-order chi connectivity index (χ0) is 15.8. The molecule has 22 heavy (non-hydrogen) atoms. The van der Waals surface area contributed by atoms with Crippen LogP contribution in [0.3, 0.4) is 0 Å². The first-order valence-electron chi connectivity index (χ1n) is 7.10. The first kappa shape index (κ1) is 16.7. The number of amides is 1. The predicted molar refractivity (Wildman–Crippen MR) is 90.4 cm³/mol. The number of nitrogens with zero attached hydrogens (tertiary/aromatic N) is 1. The van der Waals surface area contributed by atoms with Crippen LogP contribution in [0.15, 0.2) is 17.5 Å². The fourth-order valence-corrected chi connectivity index (χ4v) is 3.70. The largest absolute Gasteiger partial charge is 0.448 e. The number of thiophene rings is 1. The molecule has 2 aromatic rings. The molecule has 0 aliphatic carbocycles. The number of aromatic nitrogens is 1. The summed E-state index contributed by atoms with van der Waals surface area (Å²) in [5, 5.41) is 6.31. The zero-order valence-corrected chi connectivity index (χ0v) is 14.1. The van der Waals surface area contributed by atoms with E-state index in [0.717, 1.165) is 30.2 Å². The third-order valence-corrected chi connectivity index (χ3v) is 4.98. The summed E-state index contributed by atoms with van der Waals surface area (Å²) in [6.45, 7) is 3.29. The van der Waals surface area contributed by atoms with Crippen molar-refractivity contribution >= 4 is 33.9 Å². The molecule has 0 aliphatic heterocycles. The molecule has 0 unspecified atom stereocenters. The standard InChI is InChI=1S/C14H20N4O2S2/c1-2-16-13-17-10(9-21-13)3-4-11-5-6-12(22-11)7-8-20-14(19)18-15/h5-6,9H,2-4,7-8,15H2,1H3,(H,16,17)(H,18,19). The highest BCUT2D eigenvalue weighted by Crippen LogP contribution is 2.21. The van der Waals surface area contributed by atoms with Gasteiger partial charge >= 0.3 is 6.09 Å². The van der Waals surface area contributed by atoms with Gasteiger partial charge in [0, 0.05) is 28.1 Å². The Labute approximate surface area is 137 Å². The fraction of sp³-hybridized carbons (Fsp3) is 0.429. The summed E-state index contributed by atoms with van der Waals surface area (Å²) in [5.41, 5.74) is 3.06. The van der Waals surface area contributed by atoms with E-state index in [1.165, 1.54) is 9.75 Å². The SMILES string of the molecule is CCNc1nc(CCc2ccc(CCOC(=O)NN)s2)cs1. The predicted octanol–water partition coefficient (Wildman–Crippen LogP) is 2.56. The molecule has 4 N–H and O–H groups in total. The van der Waals surface area contributed by atoms with Crippen LogP contribution in [-0.4, -0.2) is 24.2 Å². The van der Waals surface area contributed by atoms with E-state index in [9.17, 15) is 4.79 Å². The topological polar surface area (TPSA) is 89.3 Å². The van der Waals surface area contributed by atoms with E-state index in [0.29, 0.717) is 13.0 Å². The van der Waals surface area contributed by atoms with Crippen molar-refractivity contribution in [2.75, 3.05) is 18.5 Å². The molecule has 120 valence electrons. The van der Waals surface area contributed by atoms with Crippen LogP contribution in [0.4, 0.5) is 9.93 Å². The summed E-state index contributed by atoms with van der Waals surface area (Å²) in [6.07, 6.45) is 2.02. The molecule has 1 amide bonds. The number of carbonyl (C=O) groups is 1. The number of hydrogen-bond donors (Lipinski definition) is 3. The molecule has 8 heteroatoms. The molecular weight excluding hydrogens is 320 g/mol. The van der Waals surface area contributed by atoms with Gasteiger partial charge < -0.3 is 10.1 Å². The van der Waals surface area contributed by atoms with Gasteiger partial charge in [0.15, 0.2) is 5.13 Å². The summed E-state index contributed by atoms with van der Waals surface area (Å²) in [4.78, 5) is 17.9. The molecule has 0 saturated carbocycles. The normalized spacial score (nSPS) is 10.5. The highest BCUT2D eigenvalue weighted by Gasteiger charge is 2.05. The lowest BCUT2D eigenvalue weighted by molar-refractivity contribution is 0.148. The lowest BCUT2D eigenvalue weighted by Gasteiger charge is -2.01. The second-order valence-corrected chi connectivity index (χ2v) is 6.68. The highest BCUT2D eigenvalue weighted by atomic mass is 32.1. The number of carbonyl (C=O) groups excluding carboxylic acids is 1. The lowest BCUT2D eigenvalue weighted by atomic mass is 10.2. The van der Waals surface area contributed by atoms with Crippen molar-refractivity contribution in [3.63, 3.8) is 0 Å². The monoisotopic (exact) mass is 340 g/mol. The minimum absolute atomic E-state index is 0.334. The maximum atomic E-state index is 10.8. The van der Waals surface area contributed by atoms with E-state index in [2.05, 4.69) is 34.7 Å². The minimum atomic E-state index is -0.600. The zero-order valence-electron chi connectivity index (χ0n) is 12.4. The third kappa shape index (κ3) is 5.28. The Bertz CT molecular complexity index is 597. The molecule has 0 radical (unpaired) electrons. The number of rotatable bonds is 8. The lowest BCUT2D eigenvalue weighted by Crippen LogP contribution is -2.31. The van der Waals surface area contributed by atoms with E-state index in [4.69, 9.17) is 10.6 Å². The molecule has 2 aromatic heterocycles. The molecule has 6 nitrogen and oxygen atoms in total. The summed E-state index contributed by atoms with van der Waals surface area (Å²) in [7, 11) is 0. The van der Waals surface area contributed by atoms with Gasteiger partial charge in [0.2, 0.25) is 0 Å². The summed E-state index contributed by atoms with van der Waals surface area (Å²) < 4.78 is 4.88. The van der Waals surface area contributed by atoms with Crippen LogP contribution in [0.25, 0.3) is 0 Å². The minimum Gasteiger partial charge on any atom is -0.448 e. The van der Waals surface area contributed by atoms with Crippen molar-refractivity contribution in [1.82, 2.24) is 10.4 Å². The van der Waals surface area contributed by atoms with Crippen molar-refractivity contribution in [2.24, 2.45) is 5.84 Å². The van der Waals surface area contributed by atoms with Crippen molar-refractivity contribution in [1.29, 1.82) is 0 Å². The van der Waals surface area contributed by atoms with Crippen LogP contribution < -0.4 is 16.6 Å². The number of ether oxygens (including phenoxy) is 1. The van der Waals surface area contributed by atoms with E-state index in [1.54, 1.807) is 22.7 Å². The van der Waals surface area contributed by atoms with Gasteiger partial charge in [-0.15, -0.1) is 22.7 Å². The number of thiazole rings is 1. The summed E-state index contributed by atoms with van der Waals surface area (Å²) in [6, 6.07) is 4.20. The van der Waals surface area contributed by atoms with Gasteiger partial charge in [-0.3, -0.25) is 5.43 Å². The maximum Gasteiger partial charge on any atom is 0.421 e. The van der Waals surface area contributed by atoms with Gasteiger partial charge in [0.1, 0.15) is 0 Å². The number of hydrazine groups is 1. The van der Waals surface area contributed by atoms with Gasteiger partial charge in [-0.25, -0.2) is 15.6 Å². The smallest absolute Gasteiger partial charge is 0.421 e. The molecule has 0 saturated heterocycles. The molecular formula is C14H20N4O2S2. The van der Waals surface area contributed by atoms with Gasteiger partial charge in [-0.05, 0) is 31.9 Å². The van der Waals surface area contributed by atoms with E-state index in [1.807, 2.05) is 5.43 Å². The Morgan fingerprint density at radius 3 is 2.82 bits per heavy atom. The van der Waals surface area contributed by atoms with Crippen LogP contribution >= 0.6 is 22.7 Å². The van der Waals surface area contributed by atoms with Gasteiger partial charge in [-0.2, -0.15) is 0 Å². The molecule has 0 fully saturated rings. The third-order valence-electron chi connectivity index (χ3n) is 2.92. The number of hydrogen-bond acceptors (Lipinski definition) is 7. The Hall–Kier alpha value is -1.64. The highest BCUT2D eigenvalue weighted by molar-refractivity contribution is 7.13. The van der Waals surface area contributed by atoms with Gasteiger partial charge in [0.25, 0.3) is 0 Å². The van der Waals surface area contributed by atoms with Gasteiger partial charge in [0.05, 0.1) is 12.3 Å². The van der Waals surface area contributed by atoms with Gasteiger partial charge in [-0.1, -0.05) is 0 Å². The van der Waals surface area contributed by atoms with Crippen LogP contribution in [0.2, 0.25) is 0 Å². The number of nitrogens with one attached hydrogen (secondary N) is 2. The molecule has 2 rings (SSSR count). The number of aryl methyl sites for hydroxylation is 2. The van der Waals surface area contributed by atoms with Crippen molar-refractivity contribution < 1.29 is 9.53 Å². The Balaban J connectivity index is 1.75. The van der Waals surface area contributed by atoms with E-state index >= 15 is 0 Å². The van der Waals surface area contributed by atoms with Crippen LogP contribution in [0.1, 0.15) is 22.4 Å². The Morgan fingerprint density at radius 1 is 1.32 bits per heavy atom. The Morgan fingerprint density at radius 2 is 2.09 bits per heavy atom. The summed E-state index contributed by atoms with van der Waals surface area (Å²) >= 11 is 3.39.